The number of ether oxygens (including phenoxy) is 1. The second-order valence-electron chi connectivity index (χ2n) is 13.9. The minimum atomic E-state index is -0.627. The van der Waals surface area contributed by atoms with E-state index in [0.29, 0.717) is 49.4 Å². The summed E-state index contributed by atoms with van der Waals surface area (Å²) in [7, 11) is 0. The molecule has 3 amide bonds. The quantitative estimate of drug-likeness (QED) is 0.231. The third-order valence-corrected chi connectivity index (χ3v) is 11.5. The van der Waals surface area contributed by atoms with Crippen LogP contribution in [0.15, 0.2) is 78.9 Å². The molecule has 0 aliphatic carbocycles. The predicted octanol–water partition coefficient (Wildman–Crippen LogP) is 7.20. The Hall–Kier alpha value is -3.10. The van der Waals surface area contributed by atoms with Crippen LogP contribution in [-0.4, -0.2) is 85.7 Å². The van der Waals surface area contributed by atoms with Crippen molar-refractivity contribution in [3.05, 3.63) is 106 Å². The van der Waals surface area contributed by atoms with Gasteiger partial charge in [0, 0.05) is 32.7 Å². The molecule has 3 aliphatic rings. The Morgan fingerprint density at radius 1 is 0.812 bits per heavy atom. The first kappa shape index (κ1) is 34.8. The third-order valence-electron chi connectivity index (χ3n) is 10.7. The van der Waals surface area contributed by atoms with Crippen molar-refractivity contribution < 1.29 is 14.3 Å². The molecule has 6 rings (SSSR count). The molecule has 9 heteroatoms. The first-order valence-corrected chi connectivity index (χ1v) is 18.3. The minimum Gasteiger partial charge on any atom is -0.378 e. The van der Waals surface area contributed by atoms with Crippen molar-refractivity contribution in [1.29, 1.82) is 0 Å². The monoisotopic (exact) mass is 690 g/mol. The number of piperidine rings is 2. The fourth-order valence-electron chi connectivity index (χ4n) is 7.92. The SMILES string of the molecule is O=C(NCC1(Cc2ccccc2)CCN(CCCC2(c3ccc(Cl)c(Cl)c3)CCCN(Cc3ccccc3)C2=O)CC1)N1CCOCC1. The van der Waals surface area contributed by atoms with Gasteiger partial charge in [-0.1, -0.05) is 89.9 Å². The van der Waals surface area contributed by atoms with Crippen LogP contribution in [0.5, 0.6) is 0 Å². The summed E-state index contributed by atoms with van der Waals surface area (Å²) in [5, 5.41) is 4.29. The fraction of sp³-hybridized carbons (Fsp3) is 0.487. The Kier molecular flexibility index (Phi) is 11.6. The fourth-order valence-corrected chi connectivity index (χ4v) is 8.22. The van der Waals surface area contributed by atoms with Crippen LogP contribution in [0.1, 0.15) is 55.2 Å². The molecule has 0 aromatic heterocycles. The van der Waals surface area contributed by atoms with Crippen molar-refractivity contribution in [3.63, 3.8) is 0 Å². The van der Waals surface area contributed by atoms with Gasteiger partial charge >= 0.3 is 6.03 Å². The number of likely N-dealkylation sites (tertiary alicyclic amines) is 2. The number of benzene rings is 3. The molecule has 0 radical (unpaired) electrons. The number of rotatable bonds is 11. The van der Waals surface area contributed by atoms with Gasteiger partial charge in [-0.15, -0.1) is 0 Å². The summed E-state index contributed by atoms with van der Waals surface area (Å²) in [6.07, 6.45) is 6.37. The van der Waals surface area contributed by atoms with Crippen LogP contribution in [0, 0.1) is 5.41 Å². The number of carbonyl (C=O) groups is 2. The lowest BCUT2D eigenvalue weighted by atomic mass is 9.70. The lowest BCUT2D eigenvalue weighted by Crippen LogP contribution is -2.52. The number of hydrogen-bond donors (Lipinski definition) is 1. The van der Waals surface area contributed by atoms with Crippen LogP contribution < -0.4 is 5.32 Å². The summed E-state index contributed by atoms with van der Waals surface area (Å²) in [6, 6.07) is 26.7. The van der Waals surface area contributed by atoms with Crippen LogP contribution in [0.25, 0.3) is 0 Å². The zero-order valence-electron chi connectivity index (χ0n) is 27.8. The summed E-state index contributed by atoms with van der Waals surface area (Å²) in [5.41, 5.74) is 2.79. The smallest absolute Gasteiger partial charge is 0.317 e. The molecule has 48 heavy (non-hydrogen) atoms. The van der Waals surface area contributed by atoms with Crippen molar-refractivity contribution in [1.82, 2.24) is 20.0 Å². The Morgan fingerprint density at radius 2 is 1.50 bits per heavy atom. The number of amides is 3. The standard InChI is InChI=1S/C39H48Cl2N4O3/c40-34-14-13-33(27-35(34)41)39(16-8-20-45(36(39)46)29-32-11-5-2-6-12-32)15-7-19-43-21-17-38(18-22-43,28-31-9-3-1-4-10-31)30-42-37(47)44-23-25-48-26-24-44/h1-6,9-14,27H,7-8,15-26,28-30H2,(H,42,47). The Bertz CT molecular complexity index is 1510. The van der Waals surface area contributed by atoms with E-state index >= 15 is 0 Å². The summed E-state index contributed by atoms with van der Waals surface area (Å²) in [6.45, 7) is 7.37. The molecule has 1 atom stereocenters. The van der Waals surface area contributed by atoms with E-state index in [4.69, 9.17) is 27.9 Å². The van der Waals surface area contributed by atoms with Crippen molar-refractivity contribution in [2.75, 3.05) is 59.0 Å². The number of nitrogens with one attached hydrogen (secondary N) is 1. The maximum absolute atomic E-state index is 14.4. The lowest BCUT2D eigenvalue weighted by molar-refractivity contribution is -0.142. The second kappa shape index (κ2) is 16.1. The van der Waals surface area contributed by atoms with Gasteiger partial charge in [-0.25, -0.2) is 4.79 Å². The Labute approximate surface area is 295 Å². The highest BCUT2D eigenvalue weighted by molar-refractivity contribution is 6.42. The summed E-state index contributed by atoms with van der Waals surface area (Å²) in [4.78, 5) is 33.9. The number of urea groups is 1. The molecule has 3 aromatic rings. The number of nitrogens with zero attached hydrogens (tertiary/aromatic N) is 3. The average molecular weight is 692 g/mol. The topological polar surface area (TPSA) is 65.1 Å². The van der Waals surface area contributed by atoms with Crippen molar-refractivity contribution in [2.45, 2.75) is 56.9 Å². The van der Waals surface area contributed by atoms with Gasteiger partial charge in [-0.2, -0.15) is 0 Å². The van der Waals surface area contributed by atoms with E-state index in [-0.39, 0.29) is 17.4 Å². The van der Waals surface area contributed by atoms with Crippen LogP contribution in [0.3, 0.4) is 0 Å². The normalized spacial score (nSPS) is 21.7. The largest absolute Gasteiger partial charge is 0.378 e. The highest BCUT2D eigenvalue weighted by Gasteiger charge is 2.45. The molecule has 3 heterocycles. The molecule has 0 saturated carbocycles. The van der Waals surface area contributed by atoms with Crippen molar-refractivity contribution in [2.24, 2.45) is 5.41 Å². The molecule has 3 aliphatic heterocycles. The first-order valence-electron chi connectivity index (χ1n) is 17.5. The van der Waals surface area contributed by atoms with E-state index in [9.17, 15) is 9.59 Å². The van der Waals surface area contributed by atoms with Gasteiger partial charge in [0.25, 0.3) is 0 Å². The summed E-state index contributed by atoms with van der Waals surface area (Å²) >= 11 is 12.9. The molecule has 1 unspecified atom stereocenters. The maximum atomic E-state index is 14.4. The maximum Gasteiger partial charge on any atom is 0.317 e. The molecule has 256 valence electrons. The minimum absolute atomic E-state index is 0.00163. The summed E-state index contributed by atoms with van der Waals surface area (Å²) < 4.78 is 5.44. The van der Waals surface area contributed by atoms with E-state index in [1.807, 2.05) is 46.2 Å². The molecule has 3 saturated heterocycles. The van der Waals surface area contributed by atoms with Crippen LogP contribution in [-0.2, 0) is 27.9 Å². The zero-order chi connectivity index (χ0) is 33.4. The molecule has 3 aromatic carbocycles. The van der Waals surface area contributed by atoms with Gasteiger partial charge in [-0.3, -0.25) is 4.79 Å². The van der Waals surface area contributed by atoms with Crippen molar-refractivity contribution in [3.8, 4) is 0 Å². The van der Waals surface area contributed by atoms with Gasteiger partial charge in [-0.05, 0) is 98.8 Å². The predicted molar refractivity (Wildman–Crippen MR) is 193 cm³/mol. The first-order chi connectivity index (χ1) is 23.4. The van der Waals surface area contributed by atoms with Crippen LogP contribution in [0.4, 0.5) is 4.79 Å². The summed E-state index contributed by atoms with van der Waals surface area (Å²) in [5.74, 6) is 0.188. The Balaban J connectivity index is 1.11. The number of halogens is 2. The molecule has 7 nitrogen and oxygen atoms in total. The van der Waals surface area contributed by atoms with Crippen LogP contribution >= 0.6 is 23.2 Å². The van der Waals surface area contributed by atoms with E-state index in [0.717, 1.165) is 82.3 Å². The van der Waals surface area contributed by atoms with Gasteiger partial charge in [0.2, 0.25) is 5.91 Å². The molecular weight excluding hydrogens is 643 g/mol. The lowest BCUT2D eigenvalue weighted by Gasteiger charge is -2.44. The highest BCUT2D eigenvalue weighted by Crippen LogP contribution is 2.42. The van der Waals surface area contributed by atoms with E-state index < -0.39 is 5.41 Å². The number of morpholine rings is 1. The second-order valence-corrected chi connectivity index (χ2v) is 14.7. The number of carbonyl (C=O) groups excluding carboxylic acids is 2. The van der Waals surface area contributed by atoms with Gasteiger partial charge in [0.05, 0.1) is 28.7 Å². The van der Waals surface area contributed by atoms with Crippen molar-refractivity contribution >= 4 is 35.1 Å². The van der Waals surface area contributed by atoms with Gasteiger partial charge in [0.1, 0.15) is 0 Å². The average Bonchev–Trinajstić information content (AvgIpc) is 3.12. The Morgan fingerprint density at radius 3 is 2.19 bits per heavy atom. The molecular formula is C39H48Cl2N4O3. The van der Waals surface area contributed by atoms with E-state index in [1.165, 1.54) is 5.56 Å². The zero-order valence-corrected chi connectivity index (χ0v) is 29.4. The van der Waals surface area contributed by atoms with E-state index in [2.05, 4.69) is 52.7 Å². The van der Waals surface area contributed by atoms with Gasteiger partial charge < -0.3 is 24.8 Å². The molecule has 0 spiro atoms. The third kappa shape index (κ3) is 8.36. The van der Waals surface area contributed by atoms with Gasteiger partial charge in [0.15, 0.2) is 0 Å². The van der Waals surface area contributed by atoms with E-state index in [1.54, 1.807) is 0 Å². The number of hydrogen-bond acceptors (Lipinski definition) is 4. The molecule has 0 bridgehead atoms. The highest BCUT2D eigenvalue weighted by atomic mass is 35.5. The molecule has 3 fully saturated rings. The van der Waals surface area contributed by atoms with Crippen LogP contribution in [0.2, 0.25) is 10.0 Å². The molecule has 1 N–H and O–H groups in total.